The van der Waals surface area contributed by atoms with Crippen molar-refractivity contribution in [3.05, 3.63) is 27.8 Å². The lowest BCUT2D eigenvalue weighted by Gasteiger charge is -2.08. The van der Waals surface area contributed by atoms with Gasteiger partial charge in [0.2, 0.25) is 0 Å². The molecule has 0 spiro atoms. The van der Waals surface area contributed by atoms with E-state index in [1.54, 1.807) is 0 Å². The molecule has 1 aromatic rings. The van der Waals surface area contributed by atoms with Gasteiger partial charge in [0.05, 0.1) is 16.6 Å². The first kappa shape index (κ1) is 11.7. The Bertz CT molecular complexity index is 458. The van der Waals surface area contributed by atoms with Gasteiger partial charge in [-0.15, -0.1) is 0 Å². The predicted octanol–water partition coefficient (Wildman–Crippen LogP) is 0.0904. The third-order valence-electron chi connectivity index (χ3n) is 1.92. The zero-order valence-corrected chi connectivity index (χ0v) is 7.82. The van der Waals surface area contributed by atoms with Crippen LogP contribution in [0.4, 0.5) is 5.69 Å². The Kier molecular flexibility index (Phi) is 2.95. The number of benzene rings is 1. The van der Waals surface area contributed by atoms with Crippen LogP contribution in [-0.2, 0) is 4.79 Å². The summed E-state index contributed by atoms with van der Waals surface area (Å²) in [5.41, 5.74) is 4.16. The summed E-state index contributed by atoms with van der Waals surface area (Å²) in [6, 6.07) is -0.244. The lowest BCUT2D eigenvalue weighted by molar-refractivity contribution is -0.385. The van der Waals surface area contributed by atoms with E-state index in [4.69, 9.17) is 21.1 Å². The van der Waals surface area contributed by atoms with Crippen LogP contribution in [0, 0.1) is 10.1 Å². The van der Waals surface area contributed by atoms with Crippen molar-refractivity contribution in [2.24, 2.45) is 5.73 Å². The third kappa shape index (κ3) is 2.01. The average Bonchev–Trinajstić information content (AvgIpc) is 2.19. The Labute approximate surface area is 88.7 Å². The van der Waals surface area contributed by atoms with Gasteiger partial charge in [-0.25, -0.2) is 0 Å². The maximum atomic E-state index is 10.6. The molecule has 0 heterocycles. The highest BCUT2D eigenvalue weighted by Gasteiger charge is 2.26. The van der Waals surface area contributed by atoms with Crippen LogP contribution in [-0.4, -0.2) is 26.2 Å². The zero-order valence-electron chi connectivity index (χ0n) is 7.82. The van der Waals surface area contributed by atoms with Crippen LogP contribution < -0.4 is 5.73 Å². The number of carboxylic acids is 1. The van der Waals surface area contributed by atoms with Crippen molar-refractivity contribution in [1.29, 1.82) is 0 Å². The zero-order chi connectivity index (χ0) is 12.5. The highest BCUT2D eigenvalue weighted by atomic mass is 16.6. The molecule has 1 aromatic carbocycles. The summed E-state index contributed by atoms with van der Waals surface area (Å²) < 4.78 is 0. The fourth-order valence-electron chi connectivity index (χ4n) is 1.12. The minimum Gasteiger partial charge on any atom is -0.504 e. The monoisotopic (exact) mass is 228 g/mol. The molecule has 0 amide bonds. The molecule has 8 heteroatoms. The van der Waals surface area contributed by atoms with Crippen LogP contribution in [0.15, 0.2) is 12.1 Å². The summed E-state index contributed by atoms with van der Waals surface area (Å²) in [7, 11) is 0. The molecule has 0 saturated carbocycles. The molecule has 0 aromatic heterocycles. The van der Waals surface area contributed by atoms with Gasteiger partial charge < -0.3 is 21.1 Å². The number of hydrogen-bond donors (Lipinski definition) is 4. The van der Waals surface area contributed by atoms with Gasteiger partial charge in [-0.2, -0.15) is 0 Å². The highest BCUT2D eigenvalue weighted by Crippen LogP contribution is 2.35. The second kappa shape index (κ2) is 4.03. The van der Waals surface area contributed by atoms with E-state index < -0.39 is 34.1 Å². The number of phenolic OH excluding ortho intramolecular Hbond substituents is 2. The summed E-state index contributed by atoms with van der Waals surface area (Å²) in [5.74, 6) is -2.86. The van der Waals surface area contributed by atoms with Gasteiger partial charge in [0, 0.05) is 0 Å². The topological polar surface area (TPSA) is 147 Å². The first-order valence-electron chi connectivity index (χ1n) is 4.03. The number of aliphatic carboxylic acids is 1. The first-order chi connectivity index (χ1) is 7.34. The Morgan fingerprint density at radius 3 is 2.31 bits per heavy atom. The standard InChI is InChI=1S/C8H8N2O6/c9-7(8(13)14)3-1-5(11)6(12)2-4(3)10(15)16/h1-2,7,11-12H,9H2,(H,13,14)/t7-/m0/s1. The van der Waals surface area contributed by atoms with E-state index in [1.165, 1.54) is 0 Å². The number of nitrogens with zero attached hydrogens (tertiary/aromatic N) is 1. The van der Waals surface area contributed by atoms with Crippen LogP contribution in [0.3, 0.4) is 0 Å². The number of rotatable bonds is 3. The van der Waals surface area contributed by atoms with Crippen LogP contribution >= 0.6 is 0 Å². The molecule has 0 bridgehead atoms. The van der Waals surface area contributed by atoms with Crippen molar-refractivity contribution >= 4 is 11.7 Å². The lowest BCUT2D eigenvalue weighted by atomic mass is 10.0. The maximum absolute atomic E-state index is 10.6. The number of nitro groups is 1. The van der Waals surface area contributed by atoms with Gasteiger partial charge in [-0.1, -0.05) is 0 Å². The van der Waals surface area contributed by atoms with Gasteiger partial charge in [0.1, 0.15) is 6.04 Å². The van der Waals surface area contributed by atoms with E-state index in [9.17, 15) is 14.9 Å². The molecule has 8 nitrogen and oxygen atoms in total. The van der Waals surface area contributed by atoms with E-state index >= 15 is 0 Å². The Morgan fingerprint density at radius 1 is 1.38 bits per heavy atom. The number of aromatic hydroxyl groups is 2. The fourth-order valence-corrected chi connectivity index (χ4v) is 1.12. The van der Waals surface area contributed by atoms with Crippen LogP contribution in [0.25, 0.3) is 0 Å². The largest absolute Gasteiger partial charge is 0.504 e. The molecular formula is C8H8N2O6. The number of carbonyl (C=O) groups is 1. The van der Waals surface area contributed by atoms with Crippen molar-refractivity contribution in [3.8, 4) is 11.5 Å². The summed E-state index contributed by atoms with van der Waals surface area (Å²) in [4.78, 5) is 20.3. The molecule has 0 unspecified atom stereocenters. The van der Waals surface area contributed by atoms with E-state index in [2.05, 4.69) is 0 Å². The highest BCUT2D eigenvalue weighted by molar-refractivity contribution is 5.77. The molecule has 0 aliphatic rings. The molecule has 0 aliphatic heterocycles. The van der Waals surface area contributed by atoms with Crippen LogP contribution in [0.1, 0.15) is 11.6 Å². The van der Waals surface area contributed by atoms with Crippen LogP contribution in [0.2, 0.25) is 0 Å². The normalized spacial score (nSPS) is 12.1. The molecule has 0 saturated heterocycles. The van der Waals surface area contributed by atoms with E-state index in [1.807, 2.05) is 0 Å². The van der Waals surface area contributed by atoms with Crippen molar-refractivity contribution in [3.63, 3.8) is 0 Å². The van der Waals surface area contributed by atoms with Crippen molar-refractivity contribution in [2.75, 3.05) is 0 Å². The summed E-state index contributed by atoms with van der Waals surface area (Å²) >= 11 is 0. The van der Waals surface area contributed by atoms with Gasteiger partial charge in [0.25, 0.3) is 5.69 Å². The number of nitrogens with two attached hydrogens (primary N) is 1. The van der Waals surface area contributed by atoms with Crippen molar-refractivity contribution < 1.29 is 25.0 Å². The van der Waals surface area contributed by atoms with E-state index in [0.29, 0.717) is 6.07 Å². The van der Waals surface area contributed by atoms with Crippen LogP contribution in [0.5, 0.6) is 11.5 Å². The molecule has 1 atom stereocenters. The SMILES string of the molecule is N[C@H](C(=O)O)c1cc(O)c(O)cc1[N+](=O)[O-]. The molecule has 16 heavy (non-hydrogen) atoms. The Balaban J connectivity index is 3.41. The second-order valence-corrected chi connectivity index (χ2v) is 2.97. The Morgan fingerprint density at radius 2 is 1.88 bits per heavy atom. The van der Waals surface area contributed by atoms with E-state index in [0.717, 1.165) is 6.07 Å². The minimum absolute atomic E-state index is 0.382. The molecule has 0 radical (unpaired) electrons. The van der Waals surface area contributed by atoms with Gasteiger partial charge >= 0.3 is 5.97 Å². The predicted molar refractivity (Wildman–Crippen MR) is 51.0 cm³/mol. The second-order valence-electron chi connectivity index (χ2n) is 2.97. The van der Waals surface area contributed by atoms with E-state index in [-0.39, 0.29) is 5.56 Å². The average molecular weight is 228 g/mol. The minimum atomic E-state index is -1.65. The molecule has 5 N–H and O–H groups in total. The van der Waals surface area contributed by atoms with Gasteiger partial charge in [-0.3, -0.25) is 14.9 Å². The smallest absolute Gasteiger partial charge is 0.325 e. The number of carboxylic acid groups (broad SMARTS) is 1. The fraction of sp³-hybridized carbons (Fsp3) is 0.125. The number of nitro benzene ring substituents is 1. The summed E-state index contributed by atoms with van der Waals surface area (Å²) in [6.07, 6.45) is 0. The Hall–Kier alpha value is -2.35. The summed E-state index contributed by atoms with van der Waals surface area (Å²) in [6.45, 7) is 0. The molecular weight excluding hydrogens is 220 g/mol. The first-order valence-corrected chi connectivity index (χ1v) is 4.03. The number of phenols is 2. The summed E-state index contributed by atoms with van der Waals surface area (Å²) in [5, 5.41) is 37.4. The maximum Gasteiger partial charge on any atom is 0.325 e. The van der Waals surface area contributed by atoms with Crippen molar-refractivity contribution in [2.45, 2.75) is 6.04 Å². The van der Waals surface area contributed by atoms with Gasteiger partial charge in [-0.05, 0) is 6.07 Å². The molecule has 86 valence electrons. The number of hydrogen-bond acceptors (Lipinski definition) is 6. The van der Waals surface area contributed by atoms with Crippen molar-refractivity contribution in [1.82, 2.24) is 0 Å². The van der Waals surface area contributed by atoms with Gasteiger partial charge in [0.15, 0.2) is 11.5 Å². The molecule has 0 aliphatic carbocycles. The lowest BCUT2D eigenvalue weighted by Crippen LogP contribution is -2.21. The molecule has 0 fully saturated rings. The quantitative estimate of drug-likeness (QED) is 0.325. The third-order valence-corrected chi connectivity index (χ3v) is 1.92. The molecule has 1 rings (SSSR count).